The maximum absolute atomic E-state index is 12.2. The first-order chi connectivity index (χ1) is 8.29. The molecule has 1 saturated heterocycles. The minimum Gasteiger partial charge on any atom is -0.481 e. The van der Waals surface area contributed by atoms with Crippen LogP contribution < -0.4 is 0 Å². The van der Waals surface area contributed by atoms with Crippen LogP contribution in [0.4, 0.5) is 0 Å². The van der Waals surface area contributed by atoms with Gasteiger partial charge >= 0.3 is 5.97 Å². The van der Waals surface area contributed by atoms with E-state index in [1.165, 1.54) is 11.4 Å². The summed E-state index contributed by atoms with van der Waals surface area (Å²) in [5, 5.41) is 9.07. The van der Waals surface area contributed by atoms with Gasteiger partial charge < -0.3 is 9.84 Å². The molecule has 1 N–H and O–H groups in total. The summed E-state index contributed by atoms with van der Waals surface area (Å²) in [5.74, 6) is -1.66. The predicted octanol–water partition coefficient (Wildman–Crippen LogP) is 0.536. The minimum atomic E-state index is -3.47. The van der Waals surface area contributed by atoms with E-state index in [4.69, 9.17) is 9.84 Å². The third-order valence-corrected chi connectivity index (χ3v) is 5.57. The first-order valence-corrected chi connectivity index (χ1v) is 7.65. The van der Waals surface area contributed by atoms with Crippen molar-refractivity contribution >= 4 is 16.0 Å². The molecule has 0 saturated carbocycles. The molecule has 1 aliphatic heterocycles. The molecular formula is C11H21NO5S. The summed E-state index contributed by atoms with van der Waals surface area (Å²) < 4.78 is 30.6. The van der Waals surface area contributed by atoms with Gasteiger partial charge in [0.25, 0.3) is 0 Å². The van der Waals surface area contributed by atoms with Crippen molar-refractivity contribution in [1.29, 1.82) is 0 Å². The first kappa shape index (κ1) is 15.4. The van der Waals surface area contributed by atoms with Crippen molar-refractivity contribution in [2.24, 2.45) is 5.92 Å². The lowest BCUT2D eigenvalue weighted by atomic mass is 9.92. The van der Waals surface area contributed by atoms with Gasteiger partial charge in [0, 0.05) is 19.7 Å². The van der Waals surface area contributed by atoms with E-state index in [9.17, 15) is 13.2 Å². The fourth-order valence-electron chi connectivity index (χ4n) is 2.30. The van der Waals surface area contributed by atoms with Crippen LogP contribution in [0.3, 0.4) is 0 Å². The van der Waals surface area contributed by atoms with Gasteiger partial charge in [-0.3, -0.25) is 4.79 Å². The first-order valence-electron chi connectivity index (χ1n) is 6.04. The number of carboxylic acid groups (broad SMARTS) is 1. The fraction of sp³-hybridized carbons (Fsp3) is 0.909. The molecule has 0 spiro atoms. The second-order valence-electron chi connectivity index (χ2n) is 4.76. The van der Waals surface area contributed by atoms with Gasteiger partial charge in [0.15, 0.2) is 0 Å². The second kappa shape index (κ2) is 5.99. The molecule has 3 atom stereocenters. The molecule has 1 heterocycles. The largest absolute Gasteiger partial charge is 0.481 e. The Labute approximate surface area is 108 Å². The Bertz CT molecular complexity index is 394. The SMILES string of the molecule is COC(C)CS(=O)(=O)N1CCC[C@H](C(=O)O)[C@@H]1C. The van der Waals surface area contributed by atoms with E-state index in [0.717, 1.165) is 0 Å². The van der Waals surface area contributed by atoms with Crippen LogP contribution >= 0.6 is 0 Å². The zero-order valence-electron chi connectivity index (χ0n) is 11.0. The summed E-state index contributed by atoms with van der Waals surface area (Å²) in [6.45, 7) is 3.73. The molecule has 0 amide bonds. The lowest BCUT2D eigenvalue weighted by Gasteiger charge is -2.36. The van der Waals surface area contributed by atoms with Crippen LogP contribution in [-0.2, 0) is 19.6 Å². The zero-order valence-corrected chi connectivity index (χ0v) is 11.8. The Morgan fingerprint density at radius 1 is 1.56 bits per heavy atom. The van der Waals surface area contributed by atoms with Crippen molar-refractivity contribution in [3.8, 4) is 0 Å². The maximum atomic E-state index is 12.2. The van der Waals surface area contributed by atoms with Crippen molar-refractivity contribution in [2.75, 3.05) is 19.4 Å². The molecular weight excluding hydrogens is 258 g/mol. The number of carboxylic acids is 1. The molecule has 0 aromatic heterocycles. The van der Waals surface area contributed by atoms with Crippen LogP contribution in [-0.4, -0.2) is 55.4 Å². The summed E-state index contributed by atoms with van der Waals surface area (Å²) in [6.07, 6.45) is 0.719. The van der Waals surface area contributed by atoms with Crippen molar-refractivity contribution < 1.29 is 23.1 Å². The Hall–Kier alpha value is -0.660. The van der Waals surface area contributed by atoms with Crippen LogP contribution in [0.15, 0.2) is 0 Å². The molecule has 7 heteroatoms. The van der Waals surface area contributed by atoms with Gasteiger partial charge in [0.2, 0.25) is 10.0 Å². The molecule has 1 aliphatic rings. The zero-order chi connectivity index (χ0) is 13.9. The molecule has 106 valence electrons. The van der Waals surface area contributed by atoms with Gasteiger partial charge in [-0.2, -0.15) is 4.31 Å². The van der Waals surface area contributed by atoms with Gasteiger partial charge in [-0.25, -0.2) is 8.42 Å². The molecule has 0 aromatic carbocycles. The molecule has 0 radical (unpaired) electrons. The van der Waals surface area contributed by atoms with Gasteiger partial charge in [-0.05, 0) is 26.7 Å². The maximum Gasteiger partial charge on any atom is 0.308 e. The van der Waals surface area contributed by atoms with Crippen LogP contribution in [0.1, 0.15) is 26.7 Å². The van der Waals surface area contributed by atoms with Gasteiger partial charge in [0.05, 0.1) is 17.8 Å². The number of hydrogen-bond donors (Lipinski definition) is 1. The van der Waals surface area contributed by atoms with E-state index in [0.29, 0.717) is 19.4 Å². The highest BCUT2D eigenvalue weighted by Gasteiger charge is 2.39. The Kier molecular flexibility index (Phi) is 5.12. The van der Waals surface area contributed by atoms with Gasteiger partial charge in [-0.15, -0.1) is 0 Å². The molecule has 1 fully saturated rings. The Morgan fingerprint density at radius 2 is 2.17 bits per heavy atom. The summed E-state index contributed by atoms with van der Waals surface area (Å²) in [4.78, 5) is 11.1. The molecule has 6 nitrogen and oxygen atoms in total. The van der Waals surface area contributed by atoms with Crippen LogP contribution in [0, 0.1) is 5.92 Å². The third-order valence-electron chi connectivity index (χ3n) is 3.45. The summed E-state index contributed by atoms with van der Waals surface area (Å²) >= 11 is 0. The summed E-state index contributed by atoms with van der Waals surface area (Å²) in [7, 11) is -2.01. The standard InChI is InChI=1S/C11H21NO5S/c1-8(17-3)7-18(15,16)12-6-4-5-10(9(12)2)11(13)14/h8-10H,4-7H2,1-3H3,(H,13,14)/t8?,9-,10-/m0/s1. The van der Waals surface area contributed by atoms with Crippen molar-refractivity contribution in [2.45, 2.75) is 38.8 Å². The molecule has 1 unspecified atom stereocenters. The van der Waals surface area contributed by atoms with Crippen molar-refractivity contribution in [3.05, 3.63) is 0 Å². The number of rotatable bonds is 5. The molecule has 0 aromatic rings. The second-order valence-corrected chi connectivity index (χ2v) is 6.73. The molecule has 1 rings (SSSR count). The smallest absolute Gasteiger partial charge is 0.308 e. The van der Waals surface area contributed by atoms with Crippen LogP contribution in [0.25, 0.3) is 0 Å². The number of nitrogens with zero attached hydrogens (tertiary/aromatic N) is 1. The highest BCUT2D eigenvalue weighted by molar-refractivity contribution is 7.89. The fourth-order valence-corrected chi connectivity index (χ4v) is 4.28. The summed E-state index contributed by atoms with van der Waals surface area (Å²) in [5.41, 5.74) is 0. The van der Waals surface area contributed by atoms with E-state index in [1.54, 1.807) is 13.8 Å². The quantitative estimate of drug-likeness (QED) is 0.794. The predicted molar refractivity (Wildman–Crippen MR) is 66.8 cm³/mol. The number of sulfonamides is 1. The monoisotopic (exact) mass is 279 g/mol. The third kappa shape index (κ3) is 3.43. The number of carbonyl (C=O) groups is 1. The van der Waals surface area contributed by atoms with Crippen LogP contribution in [0.5, 0.6) is 0 Å². The van der Waals surface area contributed by atoms with E-state index in [2.05, 4.69) is 0 Å². The van der Waals surface area contributed by atoms with Crippen molar-refractivity contribution in [3.63, 3.8) is 0 Å². The van der Waals surface area contributed by atoms with E-state index < -0.39 is 34.1 Å². The number of aliphatic carboxylic acids is 1. The Balaban J connectivity index is 2.84. The molecule has 0 aliphatic carbocycles. The average Bonchev–Trinajstić information content (AvgIpc) is 2.27. The Morgan fingerprint density at radius 3 is 2.67 bits per heavy atom. The lowest BCUT2D eigenvalue weighted by molar-refractivity contribution is -0.144. The van der Waals surface area contributed by atoms with Crippen LogP contribution in [0.2, 0.25) is 0 Å². The van der Waals surface area contributed by atoms with Gasteiger partial charge in [0.1, 0.15) is 0 Å². The highest BCUT2D eigenvalue weighted by Crippen LogP contribution is 2.26. The molecule has 0 bridgehead atoms. The van der Waals surface area contributed by atoms with Gasteiger partial charge in [-0.1, -0.05) is 0 Å². The highest BCUT2D eigenvalue weighted by atomic mass is 32.2. The minimum absolute atomic E-state index is 0.111. The number of hydrogen-bond acceptors (Lipinski definition) is 4. The topological polar surface area (TPSA) is 83.9 Å². The van der Waals surface area contributed by atoms with E-state index in [1.807, 2.05) is 0 Å². The van der Waals surface area contributed by atoms with Crippen molar-refractivity contribution in [1.82, 2.24) is 4.31 Å². The van der Waals surface area contributed by atoms with E-state index in [-0.39, 0.29) is 5.75 Å². The summed E-state index contributed by atoms with van der Waals surface area (Å²) in [6, 6.07) is -0.495. The average molecular weight is 279 g/mol. The van der Waals surface area contributed by atoms with E-state index >= 15 is 0 Å². The lowest BCUT2D eigenvalue weighted by Crippen LogP contribution is -2.50. The number of ether oxygens (including phenoxy) is 1. The normalized spacial score (nSPS) is 27.9. The number of piperidine rings is 1. The molecule has 18 heavy (non-hydrogen) atoms. The number of methoxy groups -OCH3 is 1.